The van der Waals surface area contributed by atoms with Crippen LogP contribution in [-0.2, 0) is 0 Å². The van der Waals surface area contributed by atoms with Gasteiger partial charge in [0.05, 0.1) is 23.0 Å². The first-order valence-corrected chi connectivity index (χ1v) is 5.85. The molecule has 5 heteroatoms. The lowest BCUT2D eigenvalue weighted by Gasteiger charge is -1.97. The fraction of sp³-hybridized carbons (Fsp3) is 0.273. The van der Waals surface area contributed by atoms with Gasteiger partial charge in [-0.15, -0.1) is 0 Å². The molecule has 0 aliphatic carbocycles. The number of imidazole rings is 1. The van der Waals surface area contributed by atoms with Gasteiger partial charge in [-0.3, -0.25) is 0 Å². The molecule has 0 aliphatic rings. The van der Waals surface area contributed by atoms with E-state index in [4.69, 9.17) is 5.26 Å². The molecule has 16 heavy (non-hydrogen) atoms. The van der Waals surface area contributed by atoms with E-state index in [2.05, 4.69) is 16.0 Å². The summed E-state index contributed by atoms with van der Waals surface area (Å²) in [6.45, 7) is 1.86. The van der Waals surface area contributed by atoms with Gasteiger partial charge in [0.2, 0.25) is 0 Å². The SMILES string of the molecule is CC(C#N)CSc1nc2ccc(F)cc2[nH]1. The highest BCUT2D eigenvalue weighted by Gasteiger charge is 2.06. The second-order valence-corrected chi connectivity index (χ2v) is 4.55. The molecule has 0 bridgehead atoms. The number of hydrogen-bond donors (Lipinski definition) is 1. The number of fused-ring (bicyclic) bond motifs is 1. The van der Waals surface area contributed by atoms with Crippen molar-refractivity contribution in [2.45, 2.75) is 12.1 Å². The zero-order valence-electron chi connectivity index (χ0n) is 8.70. The number of nitrogens with zero attached hydrogens (tertiary/aromatic N) is 2. The van der Waals surface area contributed by atoms with Crippen LogP contribution < -0.4 is 0 Å². The van der Waals surface area contributed by atoms with E-state index in [9.17, 15) is 4.39 Å². The molecule has 1 atom stereocenters. The van der Waals surface area contributed by atoms with E-state index in [0.717, 1.165) is 10.7 Å². The molecule has 0 radical (unpaired) electrons. The monoisotopic (exact) mass is 235 g/mol. The zero-order valence-corrected chi connectivity index (χ0v) is 9.51. The van der Waals surface area contributed by atoms with Crippen molar-refractivity contribution in [1.82, 2.24) is 9.97 Å². The van der Waals surface area contributed by atoms with Gasteiger partial charge in [-0.2, -0.15) is 5.26 Å². The summed E-state index contributed by atoms with van der Waals surface area (Å²) in [6, 6.07) is 6.59. The Morgan fingerprint density at radius 3 is 3.19 bits per heavy atom. The highest BCUT2D eigenvalue weighted by Crippen LogP contribution is 2.21. The number of nitriles is 1. The first-order valence-electron chi connectivity index (χ1n) is 4.86. The Morgan fingerprint density at radius 1 is 1.62 bits per heavy atom. The Hall–Kier alpha value is -1.54. The van der Waals surface area contributed by atoms with Gasteiger partial charge in [-0.25, -0.2) is 9.37 Å². The quantitative estimate of drug-likeness (QED) is 0.832. The third kappa shape index (κ3) is 2.34. The highest BCUT2D eigenvalue weighted by molar-refractivity contribution is 7.99. The van der Waals surface area contributed by atoms with Gasteiger partial charge in [-0.1, -0.05) is 11.8 Å². The Balaban J connectivity index is 2.17. The second kappa shape index (κ2) is 4.54. The predicted octanol–water partition coefficient (Wildman–Crippen LogP) is 2.95. The fourth-order valence-corrected chi connectivity index (χ4v) is 2.10. The third-order valence-corrected chi connectivity index (χ3v) is 3.25. The predicted molar refractivity (Wildman–Crippen MR) is 61.6 cm³/mol. The van der Waals surface area contributed by atoms with Gasteiger partial charge in [0, 0.05) is 5.75 Å². The summed E-state index contributed by atoms with van der Waals surface area (Å²) in [5.74, 6) is 0.381. The highest BCUT2D eigenvalue weighted by atomic mass is 32.2. The smallest absolute Gasteiger partial charge is 0.166 e. The number of thioether (sulfide) groups is 1. The van der Waals surface area contributed by atoms with Gasteiger partial charge < -0.3 is 4.98 Å². The molecule has 2 aromatic rings. The van der Waals surface area contributed by atoms with Crippen molar-refractivity contribution in [3.8, 4) is 6.07 Å². The molecule has 1 aromatic heterocycles. The summed E-state index contributed by atoms with van der Waals surface area (Å²) < 4.78 is 12.9. The van der Waals surface area contributed by atoms with Crippen LogP contribution in [0.1, 0.15) is 6.92 Å². The Bertz CT molecular complexity index is 544. The molecule has 1 N–H and O–H groups in total. The van der Waals surface area contributed by atoms with Crippen LogP contribution in [0.3, 0.4) is 0 Å². The molecule has 2 rings (SSSR count). The average molecular weight is 235 g/mol. The Morgan fingerprint density at radius 2 is 2.44 bits per heavy atom. The minimum atomic E-state index is -0.280. The van der Waals surface area contributed by atoms with Crippen LogP contribution in [0.15, 0.2) is 23.4 Å². The molecule has 3 nitrogen and oxygen atoms in total. The summed E-state index contributed by atoms with van der Waals surface area (Å²) in [4.78, 5) is 7.31. The van der Waals surface area contributed by atoms with Gasteiger partial charge >= 0.3 is 0 Å². The summed E-state index contributed by atoms with van der Waals surface area (Å²) in [5, 5.41) is 9.37. The lowest BCUT2D eigenvalue weighted by Crippen LogP contribution is -1.93. The van der Waals surface area contributed by atoms with Crippen molar-refractivity contribution in [2.75, 3.05) is 5.75 Å². The molecule has 0 saturated carbocycles. The van der Waals surface area contributed by atoms with Crippen molar-refractivity contribution in [2.24, 2.45) is 5.92 Å². The number of halogens is 1. The zero-order chi connectivity index (χ0) is 11.5. The molecule has 1 unspecified atom stereocenters. The Labute approximate surface area is 96.7 Å². The summed E-state index contributed by atoms with van der Waals surface area (Å²) in [5.41, 5.74) is 1.43. The minimum absolute atomic E-state index is 0.0186. The third-order valence-electron chi connectivity index (χ3n) is 2.11. The largest absolute Gasteiger partial charge is 0.333 e. The van der Waals surface area contributed by atoms with Gasteiger partial charge in [0.25, 0.3) is 0 Å². The molecule has 1 aromatic carbocycles. The van der Waals surface area contributed by atoms with Crippen LogP contribution in [0.4, 0.5) is 4.39 Å². The van der Waals surface area contributed by atoms with Crippen LogP contribution in [0, 0.1) is 23.1 Å². The molecular formula is C11H10FN3S. The Kier molecular flexibility index (Phi) is 3.11. The van der Waals surface area contributed by atoms with Crippen LogP contribution >= 0.6 is 11.8 Å². The number of H-pyrrole nitrogens is 1. The van der Waals surface area contributed by atoms with E-state index in [-0.39, 0.29) is 11.7 Å². The van der Waals surface area contributed by atoms with Crippen LogP contribution in [-0.4, -0.2) is 15.7 Å². The minimum Gasteiger partial charge on any atom is -0.333 e. The summed E-state index contributed by atoms with van der Waals surface area (Å²) in [6.07, 6.45) is 0. The lowest BCUT2D eigenvalue weighted by molar-refractivity contribution is 0.629. The number of nitrogens with one attached hydrogen (secondary N) is 1. The van der Waals surface area contributed by atoms with Gasteiger partial charge in [0.1, 0.15) is 5.82 Å². The topological polar surface area (TPSA) is 52.5 Å². The molecule has 0 saturated heterocycles. The standard InChI is InChI=1S/C11H10FN3S/c1-7(5-13)6-16-11-14-9-3-2-8(12)4-10(9)15-11/h2-4,7H,6H2,1H3,(H,14,15). The van der Waals surface area contributed by atoms with E-state index < -0.39 is 0 Å². The van der Waals surface area contributed by atoms with E-state index in [0.29, 0.717) is 11.3 Å². The van der Waals surface area contributed by atoms with Crippen molar-refractivity contribution in [3.63, 3.8) is 0 Å². The summed E-state index contributed by atoms with van der Waals surface area (Å²) >= 11 is 1.47. The molecule has 1 heterocycles. The average Bonchev–Trinajstić information content (AvgIpc) is 2.67. The molecule has 0 aliphatic heterocycles. The van der Waals surface area contributed by atoms with Crippen molar-refractivity contribution in [1.29, 1.82) is 5.26 Å². The first-order chi connectivity index (χ1) is 7.69. The molecule has 0 spiro atoms. The fourth-order valence-electron chi connectivity index (χ4n) is 1.27. The number of rotatable bonds is 3. The second-order valence-electron chi connectivity index (χ2n) is 3.54. The molecule has 0 fully saturated rings. The first kappa shape index (κ1) is 11.0. The molecule has 0 amide bonds. The van der Waals surface area contributed by atoms with Crippen molar-refractivity contribution in [3.05, 3.63) is 24.0 Å². The maximum absolute atomic E-state index is 12.9. The van der Waals surface area contributed by atoms with Crippen molar-refractivity contribution >= 4 is 22.8 Å². The van der Waals surface area contributed by atoms with Crippen LogP contribution in [0.2, 0.25) is 0 Å². The maximum Gasteiger partial charge on any atom is 0.166 e. The van der Waals surface area contributed by atoms with E-state index in [1.807, 2.05) is 6.92 Å². The maximum atomic E-state index is 12.9. The van der Waals surface area contributed by atoms with E-state index >= 15 is 0 Å². The number of hydrogen-bond acceptors (Lipinski definition) is 3. The van der Waals surface area contributed by atoms with Gasteiger partial charge in [0.15, 0.2) is 5.16 Å². The van der Waals surface area contributed by atoms with E-state index in [1.54, 1.807) is 6.07 Å². The number of benzene rings is 1. The van der Waals surface area contributed by atoms with Crippen molar-refractivity contribution < 1.29 is 4.39 Å². The molecular weight excluding hydrogens is 225 g/mol. The number of aromatic amines is 1. The normalized spacial score (nSPS) is 12.6. The molecule has 82 valence electrons. The van der Waals surface area contributed by atoms with E-state index in [1.165, 1.54) is 23.9 Å². The number of aromatic nitrogens is 2. The van der Waals surface area contributed by atoms with Crippen LogP contribution in [0.25, 0.3) is 11.0 Å². The van der Waals surface area contributed by atoms with Crippen LogP contribution in [0.5, 0.6) is 0 Å². The summed E-state index contributed by atoms with van der Waals surface area (Å²) in [7, 11) is 0. The lowest BCUT2D eigenvalue weighted by atomic mass is 10.3. The van der Waals surface area contributed by atoms with Gasteiger partial charge in [-0.05, 0) is 25.1 Å².